The molecule has 6 nitrogen and oxygen atoms in total. The second-order valence-electron chi connectivity index (χ2n) is 4.57. The molecule has 0 aromatic heterocycles. The van der Waals surface area contributed by atoms with Gasteiger partial charge < -0.3 is 21.1 Å². The maximum Gasteiger partial charge on any atom is 0.262 e. The van der Waals surface area contributed by atoms with Crippen LogP contribution in [0.25, 0.3) is 0 Å². The van der Waals surface area contributed by atoms with Crippen molar-refractivity contribution in [1.29, 1.82) is 0 Å². The molecule has 0 saturated carbocycles. The van der Waals surface area contributed by atoms with Crippen molar-refractivity contribution in [2.75, 3.05) is 18.5 Å². The Balaban J connectivity index is 2.02. The van der Waals surface area contributed by atoms with Crippen LogP contribution in [0, 0.1) is 0 Å². The van der Waals surface area contributed by atoms with Gasteiger partial charge in [-0.05, 0) is 31.5 Å². The molecule has 0 bridgehead atoms. The fourth-order valence-corrected chi connectivity index (χ4v) is 1.74. The van der Waals surface area contributed by atoms with E-state index in [2.05, 4.69) is 10.6 Å². The van der Waals surface area contributed by atoms with Gasteiger partial charge in [0, 0.05) is 18.2 Å². The lowest BCUT2D eigenvalue weighted by atomic mass is 10.1. The Morgan fingerprint density at radius 1 is 1.58 bits per heavy atom. The van der Waals surface area contributed by atoms with Gasteiger partial charge in [0.1, 0.15) is 5.75 Å². The van der Waals surface area contributed by atoms with Crippen LogP contribution in [0.1, 0.15) is 23.7 Å². The topological polar surface area (TPSA) is 93.5 Å². The molecule has 1 aliphatic heterocycles. The maximum atomic E-state index is 11.9. The summed E-state index contributed by atoms with van der Waals surface area (Å²) in [6.07, 6.45) is 0.719. The minimum absolute atomic E-state index is 0.00688. The molecule has 0 radical (unpaired) electrons. The molecule has 1 aromatic rings. The van der Waals surface area contributed by atoms with E-state index < -0.39 is 0 Å². The summed E-state index contributed by atoms with van der Waals surface area (Å²) < 4.78 is 5.22. The third kappa shape index (κ3) is 3.45. The molecule has 0 saturated heterocycles. The van der Waals surface area contributed by atoms with Crippen molar-refractivity contribution in [2.24, 2.45) is 5.73 Å². The number of nitrogens with one attached hydrogen (secondary N) is 2. The molecule has 0 fully saturated rings. The fraction of sp³-hybridized carbons (Fsp3) is 0.385. The first-order valence-electron chi connectivity index (χ1n) is 6.17. The Morgan fingerprint density at radius 2 is 2.37 bits per heavy atom. The van der Waals surface area contributed by atoms with Crippen molar-refractivity contribution in [2.45, 2.75) is 19.4 Å². The molecule has 2 rings (SSSR count). The fourth-order valence-electron chi connectivity index (χ4n) is 1.74. The second-order valence-corrected chi connectivity index (χ2v) is 4.57. The van der Waals surface area contributed by atoms with Gasteiger partial charge in [-0.15, -0.1) is 0 Å². The largest absolute Gasteiger partial charge is 0.482 e. The zero-order valence-electron chi connectivity index (χ0n) is 10.7. The van der Waals surface area contributed by atoms with E-state index in [9.17, 15) is 9.59 Å². The lowest BCUT2D eigenvalue weighted by molar-refractivity contribution is -0.118. The number of fused-ring (bicyclic) bond motifs is 1. The standard InChI is InChI=1S/C13H17N3O3/c1-8(14)4-5-15-13(18)9-2-3-11-10(6-9)16-12(17)7-19-11/h2-3,6,8H,4-5,7,14H2,1H3,(H,15,18)(H,16,17). The number of carbonyl (C=O) groups excluding carboxylic acids is 2. The van der Waals surface area contributed by atoms with Crippen LogP contribution in [-0.4, -0.2) is 31.0 Å². The van der Waals surface area contributed by atoms with E-state index in [1.807, 2.05) is 6.92 Å². The van der Waals surface area contributed by atoms with E-state index in [0.717, 1.165) is 6.42 Å². The van der Waals surface area contributed by atoms with Gasteiger partial charge in [-0.3, -0.25) is 9.59 Å². The number of rotatable bonds is 4. The molecule has 19 heavy (non-hydrogen) atoms. The highest BCUT2D eigenvalue weighted by Crippen LogP contribution is 2.28. The molecule has 102 valence electrons. The van der Waals surface area contributed by atoms with E-state index in [1.165, 1.54) is 0 Å². The minimum Gasteiger partial charge on any atom is -0.482 e. The summed E-state index contributed by atoms with van der Waals surface area (Å²) in [4.78, 5) is 23.1. The highest BCUT2D eigenvalue weighted by Gasteiger charge is 2.17. The van der Waals surface area contributed by atoms with E-state index >= 15 is 0 Å². The van der Waals surface area contributed by atoms with Crippen molar-refractivity contribution in [3.8, 4) is 5.75 Å². The molecule has 4 N–H and O–H groups in total. The Kier molecular flexibility index (Phi) is 4.01. The summed E-state index contributed by atoms with van der Waals surface area (Å²) in [6, 6.07) is 5.00. The van der Waals surface area contributed by atoms with Crippen molar-refractivity contribution in [3.63, 3.8) is 0 Å². The van der Waals surface area contributed by atoms with Crippen molar-refractivity contribution < 1.29 is 14.3 Å². The molecule has 2 amide bonds. The van der Waals surface area contributed by atoms with Crippen molar-refractivity contribution in [3.05, 3.63) is 23.8 Å². The molecular weight excluding hydrogens is 246 g/mol. The lowest BCUT2D eigenvalue weighted by Gasteiger charge is -2.18. The zero-order chi connectivity index (χ0) is 13.8. The normalized spacial score (nSPS) is 14.9. The Labute approximate surface area is 111 Å². The van der Waals surface area contributed by atoms with E-state index in [1.54, 1.807) is 18.2 Å². The lowest BCUT2D eigenvalue weighted by Crippen LogP contribution is -2.29. The molecule has 1 heterocycles. The summed E-state index contributed by atoms with van der Waals surface area (Å²) in [5.74, 6) is 0.164. The van der Waals surface area contributed by atoms with Gasteiger partial charge in [0.25, 0.3) is 11.8 Å². The summed E-state index contributed by atoms with van der Waals surface area (Å²) >= 11 is 0. The molecule has 0 spiro atoms. The first kappa shape index (κ1) is 13.4. The predicted molar refractivity (Wildman–Crippen MR) is 71.2 cm³/mol. The number of anilines is 1. The predicted octanol–water partition coefficient (Wildman–Crippen LogP) is 0.485. The Hall–Kier alpha value is -2.08. The SMILES string of the molecule is CC(N)CCNC(=O)c1ccc2c(c1)NC(=O)CO2. The molecule has 6 heteroatoms. The number of amides is 2. The number of benzene rings is 1. The number of carbonyl (C=O) groups is 2. The van der Waals surface area contributed by atoms with E-state index in [-0.39, 0.29) is 24.5 Å². The van der Waals surface area contributed by atoms with Crippen LogP contribution in [-0.2, 0) is 4.79 Å². The number of ether oxygens (including phenoxy) is 1. The van der Waals surface area contributed by atoms with E-state index in [0.29, 0.717) is 23.5 Å². The first-order valence-corrected chi connectivity index (χ1v) is 6.17. The van der Waals surface area contributed by atoms with Gasteiger partial charge in [-0.2, -0.15) is 0 Å². The van der Waals surface area contributed by atoms with Gasteiger partial charge in [-0.25, -0.2) is 0 Å². The molecule has 1 unspecified atom stereocenters. The van der Waals surface area contributed by atoms with Gasteiger partial charge in [0.2, 0.25) is 0 Å². The number of hydrogen-bond donors (Lipinski definition) is 3. The number of hydrogen-bond acceptors (Lipinski definition) is 4. The maximum absolute atomic E-state index is 11.9. The monoisotopic (exact) mass is 263 g/mol. The highest BCUT2D eigenvalue weighted by molar-refractivity contribution is 5.99. The van der Waals surface area contributed by atoms with Crippen LogP contribution < -0.4 is 21.1 Å². The van der Waals surface area contributed by atoms with E-state index in [4.69, 9.17) is 10.5 Å². The Morgan fingerprint density at radius 3 is 3.11 bits per heavy atom. The van der Waals surface area contributed by atoms with Crippen LogP contribution >= 0.6 is 0 Å². The van der Waals surface area contributed by atoms with Crippen LogP contribution in [0.2, 0.25) is 0 Å². The first-order chi connectivity index (χ1) is 9.06. The van der Waals surface area contributed by atoms with Crippen LogP contribution in [0.5, 0.6) is 5.75 Å². The van der Waals surface area contributed by atoms with Gasteiger partial charge >= 0.3 is 0 Å². The van der Waals surface area contributed by atoms with Crippen molar-refractivity contribution >= 4 is 17.5 Å². The average molecular weight is 263 g/mol. The quantitative estimate of drug-likeness (QED) is 0.736. The van der Waals surface area contributed by atoms with Gasteiger partial charge in [0.15, 0.2) is 6.61 Å². The average Bonchev–Trinajstić information content (AvgIpc) is 2.37. The van der Waals surface area contributed by atoms with Crippen LogP contribution in [0.15, 0.2) is 18.2 Å². The van der Waals surface area contributed by atoms with Crippen LogP contribution in [0.3, 0.4) is 0 Å². The third-order valence-electron chi connectivity index (χ3n) is 2.76. The van der Waals surface area contributed by atoms with Crippen molar-refractivity contribution in [1.82, 2.24) is 5.32 Å². The molecular formula is C13H17N3O3. The molecule has 0 aliphatic carbocycles. The van der Waals surface area contributed by atoms with Crippen LogP contribution in [0.4, 0.5) is 5.69 Å². The van der Waals surface area contributed by atoms with Gasteiger partial charge in [-0.1, -0.05) is 0 Å². The molecule has 1 atom stereocenters. The zero-order valence-corrected chi connectivity index (χ0v) is 10.7. The summed E-state index contributed by atoms with van der Waals surface area (Å²) in [5, 5.41) is 5.44. The summed E-state index contributed by atoms with van der Waals surface area (Å²) in [7, 11) is 0. The molecule has 1 aromatic carbocycles. The summed E-state index contributed by atoms with van der Waals surface area (Å²) in [5.41, 5.74) is 6.61. The van der Waals surface area contributed by atoms with Gasteiger partial charge in [0.05, 0.1) is 5.69 Å². The second kappa shape index (κ2) is 5.71. The summed E-state index contributed by atoms with van der Waals surface area (Å²) in [6.45, 7) is 2.42. The third-order valence-corrected chi connectivity index (χ3v) is 2.76. The molecule has 1 aliphatic rings. The minimum atomic E-state index is -0.220. The Bertz CT molecular complexity index is 500. The highest BCUT2D eigenvalue weighted by atomic mass is 16.5. The smallest absolute Gasteiger partial charge is 0.262 e. The number of nitrogens with two attached hydrogens (primary N) is 1.